The van der Waals surface area contributed by atoms with Gasteiger partial charge in [-0.15, -0.1) is 0 Å². The number of nitrogens with zero attached hydrogens (tertiary/aromatic N) is 2. The first kappa shape index (κ1) is 25.5. The second kappa shape index (κ2) is 11.2. The number of fused-ring (bicyclic) bond motifs is 1. The second-order valence-corrected chi connectivity index (χ2v) is 8.50. The maximum absolute atomic E-state index is 13.3. The number of halogens is 3. The molecule has 0 bridgehead atoms. The molecule has 0 aliphatic heterocycles. The third-order valence-electron chi connectivity index (χ3n) is 4.55. The van der Waals surface area contributed by atoms with Crippen molar-refractivity contribution in [3.63, 3.8) is 0 Å². The number of H-pyrrole nitrogens is 1. The van der Waals surface area contributed by atoms with E-state index >= 15 is 0 Å². The molecular weight excluding hydrogens is 464 g/mol. The van der Waals surface area contributed by atoms with E-state index in [1.807, 2.05) is 13.8 Å². The zero-order valence-electron chi connectivity index (χ0n) is 17.5. The number of carbonyl (C=O) groups excluding carboxylic acids is 4. The highest BCUT2D eigenvalue weighted by atomic mass is 35.5. The lowest BCUT2D eigenvalue weighted by Crippen LogP contribution is -2.51. The van der Waals surface area contributed by atoms with E-state index in [-0.39, 0.29) is 31.1 Å². The van der Waals surface area contributed by atoms with Gasteiger partial charge in [-0.3, -0.25) is 24.6 Å². The summed E-state index contributed by atoms with van der Waals surface area (Å²) in [5, 5.41) is 1.08. The summed E-state index contributed by atoms with van der Waals surface area (Å²) in [7, 11) is 0. The summed E-state index contributed by atoms with van der Waals surface area (Å²) >= 11 is 11.1. The van der Waals surface area contributed by atoms with E-state index in [9.17, 15) is 23.6 Å². The predicted molar refractivity (Wildman–Crippen MR) is 117 cm³/mol. The molecule has 2 rings (SSSR count). The molecule has 0 unspecified atom stereocenters. The van der Waals surface area contributed by atoms with E-state index in [1.165, 1.54) is 0 Å². The first-order valence-electron chi connectivity index (χ1n) is 9.84. The van der Waals surface area contributed by atoms with Crippen molar-refractivity contribution >= 4 is 57.7 Å². The minimum atomic E-state index is -2.42. The summed E-state index contributed by atoms with van der Waals surface area (Å²) in [5.74, 6) is -3.86. The molecule has 0 aliphatic rings. The zero-order chi connectivity index (χ0) is 24.0. The Hall–Kier alpha value is -2.72. The van der Waals surface area contributed by atoms with Gasteiger partial charge in [-0.2, -0.15) is 0 Å². The number of hydrogen-bond acceptors (Lipinski definition) is 5. The molecule has 0 saturated heterocycles. The maximum atomic E-state index is 13.3. The van der Waals surface area contributed by atoms with Gasteiger partial charge in [-0.1, -0.05) is 37.0 Å². The lowest BCUT2D eigenvalue weighted by Gasteiger charge is -2.26. The van der Waals surface area contributed by atoms with Gasteiger partial charge in [0, 0.05) is 23.8 Å². The summed E-state index contributed by atoms with van der Waals surface area (Å²) in [5.41, 5.74) is 6.02. The van der Waals surface area contributed by atoms with E-state index in [1.54, 1.807) is 18.2 Å². The highest BCUT2D eigenvalue weighted by Gasteiger charge is 2.29. The van der Waals surface area contributed by atoms with Crippen LogP contribution in [-0.2, 0) is 14.4 Å². The smallest absolute Gasteiger partial charge is 0.291 e. The van der Waals surface area contributed by atoms with Crippen molar-refractivity contribution in [3.05, 3.63) is 29.0 Å². The molecule has 0 radical (unpaired) electrons. The number of benzene rings is 1. The van der Waals surface area contributed by atoms with Gasteiger partial charge in [0.05, 0.1) is 17.6 Å². The van der Waals surface area contributed by atoms with Gasteiger partial charge >= 0.3 is 0 Å². The Kier molecular flexibility index (Phi) is 8.97. The predicted octanol–water partition coefficient (Wildman–Crippen LogP) is 2.72. The number of nitrogens with one attached hydrogen (secondary N) is 2. The average Bonchev–Trinajstić information content (AvgIpc) is 3.12. The SMILES string of the molecule is CC(C)C[C@H](CC(=O)c1nc2ccc(Cl)cc2[nH]1)C(=O)NN(CCC(N)=O)C(=O)[C@@H](F)Cl. The number of rotatable bonds is 10. The van der Waals surface area contributed by atoms with Crippen LogP contribution in [0.2, 0.25) is 5.02 Å². The number of nitrogens with two attached hydrogens (primary N) is 1. The van der Waals surface area contributed by atoms with Crippen LogP contribution >= 0.6 is 23.2 Å². The van der Waals surface area contributed by atoms with Gasteiger partial charge in [-0.05, 0) is 30.5 Å². The topological polar surface area (TPSA) is 138 Å². The number of carbonyl (C=O) groups is 4. The Labute approximate surface area is 193 Å². The first-order chi connectivity index (χ1) is 15.0. The number of aromatic nitrogens is 2. The first-order valence-corrected chi connectivity index (χ1v) is 10.7. The van der Waals surface area contributed by atoms with Crippen LogP contribution in [0.15, 0.2) is 18.2 Å². The third kappa shape index (κ3) is 7.16. The number of Topliss-reactive ketones (excluding diaryl/α,β-unsaturated/α-hetero) is 1. The minimum Gasteiger partial charge on any atom is -0.370 e. The second-order valence-electron chi connectivity index (χ2n) is 7.68. The lowest BCUT2D eigenvalue weighted by molar-refractivity contribution is -0.145. The Balaban J connectivity index is 2.18. The molecular formula is C20H24Cl2FN5O4. The number of hydrazine groups is 1. The van der Waals surface area contributed by atoms with Crippen LogP contribution in [0.5, 0.6) is 0 Å². The number of amides is 3. The fourth-order valence-corrected chi connectivity index (χ4v) is 3.36. The van der Waals surface area contributed by atoms with Crippen molar-refractivity contribution in [1.29, 1.82) is 0 Å². The van der Waals surface area contributed by atoms with Crippen molar-refractivity contribution < 1.29 is 23.6 Å². The standard InChI is InChI=1S/C20H24Cl2FN5O4/c1-10(2)7-11(19(31)27-28(6-5-16(24)30)20(32)17(22)23)8-15(29)18-25-13-4-3-12(21)9-14(13)26-18/h3-4,9-11,17H,5-8H2,1-2H3,(H2,24,30)(H,25,26)(H,27,31)/t11-,17-/m1/s1. The molecule has 12 heteroatoms. The summed E-state index contributed by atoms with van der Waals surface area (Å²) in [6, 6.07) is 4.92. The largest absolute Gasteiger partial charge is 0.370 e. The van der Waals surface area contributed by atoms with Crippen molar-refractivity contribution in [2.75, 3.05) is 6.54 Å². The molecule has 1 aromatic heterocycles. The summed E-state index contributed by atoms with van der Waals surface area (Å²) in [6.45, 7) is 3.36. The molecule has 3 amide bonds. The Bertz CT molecular complexity index is 1010. The number of ketones is 1. The van der Waals surface area contributed by atoms with Gasteiger partial charge in [0.2, 0.25) is 11.8 Å². The molecule has 1 heterocycles. The molecule has 2 aromatic rings. The maximum Gasteiger partial charge on any atom is 0.291 e. The van der Waals surface area contributed by atoms with Crippen molar-refractivity contribution in [2.45, 2.75) is 38.7 Å². The molecule has 0 saturated carbocycles. The fourth-order valence-electron chi connectivity index (χ4n) is 3.07. The number of aromatic amines is 1. The van der Waals surface area contributed by atoms with Crippen LogP contribution in [0.25, 0.3) is 11.0 Å². The van der Waals surface area contributed by atoms with Crippen LogP contribution in [-0.4, -0.2) is 50.7 Å². The number of imidazole rings is 1. The van der Waals surface area contributed by atoms with Crippen LogP contribution in [0.4, 0.5) is 4.39 Å². The number of primary amides is 1. The zero-order valence-corrected chi connectivity index (χ0v) is 19.0. The van der Waals surface area contributed by atoms with Crippen molar-refractivity contribution in [1.82, 2.24) is 20.4 Å². The summed E-state index contributed by atoms with van der Waals surface area (Å²) < 4.78 is 13.3. The van der Waals surface area contributed by atoms with Crippen LogP contribution in [0.3, 0.4) is 0 Å². The lowest BCUT2D eigenvalue weighted by atomic mass is 9.91. The van der Waals surface area contributed by atoms with Gasteiger partial charge in [-0.25, -0.2) is 14.4 Å². The van der Waals surface area contributed by atoms with Gasteiger partial charge in [0.1, 0.15) is 0 Å². The van der Waals surface area contributed by atoms with E-state index in [4.69, 9.17) is 28.9 Å². The molecule has 4 N–H and O–H groups in total. The van der Waals surface area contributed by atoms with Crippen LogP contribution in [0, 0.1) is 11.8 Å². The van der Waals surface area contributed by atoms with E-state index in [2.05, 4.69) is 15.4 Å². The molecule has 174 valence electrons. The molecule has 32 heavy (non-hydrogen) atoms. The van der Waals surface area contributed by atoms with Crippen molar-refractivity contribution in [2.24, 2.45) is 17.6 Å². The minimum absolute atomic E-state index is 0.0322. The molecule has 0 aliphatic carbocycles. The van der Waals surface area contributed by atoms with Gasteiger partial charge in [0.15, 0.2) is 11.6 Å². The molecule has 0 fully saturated rings. The van der Waals surface area contributed by atoms with E-state index in [0.29, 0.717) is 27.5 Å². The highest BCUT2D eigenvalue weighted by molar-refractivity contribution is 6.31. The Morgan fingerprint density at radius 2 is 1.97 bits per heavy atom. The quantitative estimate of drug-likeness (QED) is 0.268. The van der Waals surface area contributed by atoms with Crippen LogP contribution < -0.4 is 11.2 Å². The third-order valence-corrected chi connectivity index (χ3v) is 4.97. The number of alkyl halides is 2. The Morgan fingerprint density at radius 3 is 2.56 bits per heavy atom. The molecule has 0 spiro atoms. The van der Waals surface area contributed by atoms with Crippen LogP contribution in [0.1, 0.15) is 43.7 Å². The molecule has 9 nitrogen and oxygen atoms in total. The normalized spacial score (nSPS) is 13.1. The van der Waals surface area contributed by atoms with E-state index in [0.717, 1.165) is 0 Å². The van der Waals surface area contributed by atoms with Crippen molar-refractivity contribution in [3.8, 4) is 0 Å². The monoisotopic (exact) mass is 487 g/mol. The van der Waals surface area contributed by atoms with Gasteiger partial charge in [0.25, 0.3) is 11.5 Å². The molecule has 2 atom stereocenters. The fraction of sp³-hybridized carbons (Fsp3) is 0.450. The highest BCUT2D eigenvalue weighted by Crippen LogP contribution is 2.21. The Morgan fingerprint density at radius 1 is 1.28 bits per heavy atom. The molecule has 1 aromatic carbocycles. The van der Waals surface area contributed by atoms with Gasteiger partial charge < -0.3 is 10.7 Å². The number of hydrogen-bond donors (Lipinski definition) is 3. The summed E-state index contributed by atoms with van der Waals surface area (Å²) in [4.78, 5) is 55.8. The average molecular weight is 488 g/mol. The summed E-state index contributed by atoms with van der Waals surface area (Å²) in [6.07, 6.45) is -0.221. The van der Waals surface area contributed by atoms with E-state index < -0.39 is 35.1 Å².